The summed E-state index contributed by atoms with van der Waals surface area (Å²) < 4.78 is 20.4. The quantitative estimate of drug-likeness (QED) is 0.364. The Morgan fingerprint density at radius 3 is 2.28 bits per heavy atom. The van der Waals surface area contributed by atoms with Gasteiger partial charge in [-0.2, -0.15) is 0 Å². The van der Waals surface area contributed by atoms with Crippen molar-refractivity contribution in [3.8, 4) is 17.2 Å². The molecule has 0 heterocycles. The molecule has 0 radical (unpaired) electrons. The van der Waals surface area contributed by atoms with Gasteiger partial charge in [0.25, 0.3) is 11.6 Å². The minimum Gasteiger partial charge on any atom is -0.494 e. The van der Waals surface area contributed by atoms with Crippen LogP contribution in [0, 0.1) is 10.1 Å². The van der Waals surface area contributed by atoms with Gasteiger partial charge in [-0.1, -0.05) is 0 Å². The number of rotatable bonds is 10. The highest BCUT2D eigenvalue weighted by atomic mass is 16.6. The third-order valence-corrected chi connectivity index (χ3v) is 3.53. The minimum atomic E-state index is -0.732. The van der Waals surface area contributed by atoms with Crippen molar-refractivity contribution in [2.24, 2.45) is 0 Å². The summed E-state index contributed by atoms with van der Waals surface area (Å²) in [5, 5.41) is 13.2. The third kappa shape index (κ3) is 6.69. The highest BCUT2D eigenvalue weighted by molar-refractivity contribution is 5.94. The van der Waals surface area contributed by atoms with Crippen LogP contribution >= 0.6 is 0 Å². The number of nitrogens with one attached hydrogen (secondary N) is 1. The predicted octanol–water partition coefficient (Wildman–Crippen LogP) is 2.56. The number of benzene rings is 2. The number of amides is 1. The fourth-order valence-electron chi connectivity index (χ4n) is 2.21. The standard InChI is InChI=1S/C19H20N2O8/c1-3-27-14-5-7-15(8-6-14)28-12-19(23)29-11-18(22)20-16-9-4-13(21(24)25)10-17(16)26-2/h4-10H,3,11-12H2,1-2H3,(H,20,22). The van der Waals surface area contributed by atoms with E-state index in [1.54, 1.807) is 24.3 Å². The van der Waals surface area contributed by atoms with Crippen molar-refractivity contribution in [2.75, 3.05) is 32.2 Å². The van der Waals surface area contributed by atoms with Gasteiger partial charge in [-0.15, -0.1) is 0 Å². The molecule has 0 bridgehead atoms. The number of nitro benzene ring substituents is 1. The molecule has 0 aliphatic carbocycles. The zero-order valence-electron chi connectivity index (χ0n) is 15.9. The van der Waals surface area contributed by atoms with Crippen molar-refractivity contribution < 1.29 is 33.5 Å². The number of carbonyl (C=O) groups is 2. The number of esters is 1. The van der Waals surface area contributed by atoms with E-state index in [9.17, 15) is 19.7 Å². The average Bonchev–Trinajstić information content (AvgIpc) is 2.72. The summed E-state index contributed by atoms with van der Waals surface area (Å²) in [6.07, 6.45) is 0. The van der Waals surface area contributed by atoms with E-state index >= 15 is 0 Å². The zero-order chi connectivity index (χ0) is 21.2. The summed E-state index contributed by atoms with van der Waals surface area (Å²) >= 11 is 0. The van der Waals surface area contributed by atoms with Gasteiger partial charge in [-0.05, 0) is 37.3 Å². The Morgan fingerprint density at radius 2 is 1.69 bits per heavy atom. The molecule has 2 aromatic rings. The summed E-state index contributed by atoms with van der Waals surface area (Å²) in [5.41, 5.74) is 0.0301. The molecule has 0 aromatic heterocycles. The van der Waals surface area contributed by atoms with E-state index in [1.165, 1.54) is 25.3 Å². The van der Waals surface area contributed by atoms with Crippen molar-refractivity contribution in [1.82, 2.24) is 0 Å². The lowest BCUT2D eigenvalue weighted by atomic mass is 10.2. The van der Waals surface area contributed by atoms with Gasteiger partial charge in [0.15, 0.2) is 13.2 Å². The van der Waals surface area contributed by atoms with Gasteiger partial charge in [0.05, 0.1) is 30.4 Å². The van der Waals surface area contributed by atoms with E-state index in [2.05, 4.69) is 5.32 Å². The lowest BCUT2D eigenvalue weighted by molar-refractivity contribution is -0.384. The van der Waals surface area contributed by atoms with Gasteiger partial charge in [0, 0.05) is 6.07 Å². The summed E-state index contributed by atoms with van der Waals surface area (Å²) in [6.45, 7) is 1.49. The molecule has 0 aliphatic rings. The Labute approximate surface area is 166 Å². The molecule has 1 N–H and O–H groups in total. The number of anilines is 1. The molecule has 0 spiro atoms. The van der Waals surface area contributed by atoms with Crippen LogP contribution < -0.4 is 19.5 Å². The number of nitro groups is 1. The number of ether oxygens (including phenoxy) is 4. The second-order valence-electron chi connectivity index (χ2n) is 5.54. The normalized spacial score (nSPS) is 10.0. The van der Waals surface area contributed by atoms with Crippen LogP contribution in [0.25, 0.3) is 0 Å². The number of nitrogens with zero attached hydrogens (tertiary/aromatic N) is 1. The Kier molecular flexibility index (Phi) is 7.78. The van der Waals surface area contributed by atoms with Crippen molar-refractivity contribution in [1.29, 1.82) is 0 Å². The second-order valence-corrected chi connectivity index (χ2v) is 5.54. The van der Waals surface area contributed by atoms with Crippen molar-refractivity contribution in [3.05, 3.63) is 52.6 Å². The number of hydrogen-bond acceptors (Lipinski definition) is 8. The number of non-ortho nitro benzene ring substituents is 1. The third-order valence-electron chi connectivity index (χ3n) is 3.53. The van der Waals surface area contributed by atoms with Gasteiger partial charge in [-0.25, -0.2) is 4.79 Å². The van der Waals surface area contributed by atoms with E-state index in [1.807, 2.05) is 6.92 Å². The van der Waals surface area contributed by atoms with Gasteiger partial charge in [-0.3, -0.25) is 14.9 Å². The highest BCUT2D eigenvalue weighted by Gasteiger charge is 2.14. The lowest BCUT2D eigenvalue weighted by Crippen LogP contribution is -2.23. The molecule has 0 aliphatic heterocycles. The SMILES string of the molecule is CCOc1ccc(OCC(=O)OCC(=O)Nc2ccc([N+](=O)[O-])cc2OC)cc1. The molecule has 0 saturated heterocycles. The molecule has 10 nitrogen and oxygen atoms in total. The van der Waals surface area contributed by atoms with Crippen LogP contribution in [0.1, 0.15) is 6.92 Å². The zero-order valence-corrected chi connectivity index (χ0v) is 15.9. The maximum atomic E-state index is 11.9. The van der Waals surface area contributed by atoms with Gasteiger partial charge < -0.3 is 24.3 Å². The first-order valence-electron chi connectivity index (χ1n) is 8.56. The molecule has 0 atom stereocenters. The number of carbonyl (C=O) groups excluding carboxylic acids is 2. The predicted molar refractivity (Wildman–Crippen MR) is 102 cm³/mol. The van der Waals surface area contributed by atoms with Crippen LogP contribution in [0.5, 0.6) is 17.2 Å². The summed E-state index contributed by atoms with van der Waals surface area (Å²) in [7, 11) is 1.31. The number of methoxy groups -OCH3 is 1. The monoisotopic (exact) mass is 404 g/mol. The highest BCUT2D eigenvalue weighted by Crippen LogP contribution is 2.28. The van der Waals surface area contributed by atoms with Crippen LogP contribution in [-0.2, 0) is 14.3 Å². The first kappa shape index (κ1) is 21.5. The first-order chi connectivity index (χ1) is 13.9. The fourth-order valence-corrected chi connectivity index (χ4v) is 2.21. The molecular formula is C19H20N2O8. The Hall–Kier alpha value is -3.82. The molecule has 0 fully saturated rings. The Balaban J connectivity index is 1.79. The molecular weight excluding hydrogens is 384 g/mol. The molecule has 0 saturated carbocycles. The van der Waals surface area contributed by atoms with E-state index in [4.69, 9.17) is 18.9 Å². The molecule has 154 valence electrons. The molecule has 2 rings (SSSR count). The summed E-state index contributed by atoms with van der Waals surface area (Å²) in [4.78, 5) is 33.9. The summed E-state index contributed by atoms with van der Waals surface area (Å²) in [5.74, 6) is -0.125. The molecule has 10 heteroatoms. The van der Waals surface area contributed by atoms with Crippen LogP contribution in [0.4, 0.5) is 11.4 Å². The van der Waals surface area contributed by atoms with Crippen molar-refractivity contribution >= 4 is 23.3 Å². The average molecular weight is 404 g/mol. The molecule has 29 heavy (non-hydrogen) atoms. The van der Waals surface area contributed by atoms with Gasteiger partial charge >= 0.3 is 5.97 Å². The Bertz CT molecular complexity index is 867. The van der Waals surface area contributed by atoms with Crippen LogP contribution in [-0.4, -0.2) is 43.7 Å². The van der Waals surface area contributed by atoms with E-state index in [-0.39, 0.29) is 23.7 Å². The molecule has 2 aromatic carbocycles. The fraction of sp³-hybridized carbons (Fsp3) is 0.263. The maximum Gasteiger partial charge on any atom is 0.344 e. The molecule has 1 amide bonds. The van der Waals surface area contributed by atoms with E-state index < -0.39 is 23.4 Å². The van der Waals surface area contributed by atoms with Crippen LogP contribution in [0.2, 0.25) is 0 Å². The van der Waals surface area contributed by atoms with Crippen LogP contribution in [0.3, 0.4) is 0 Å². The smallest absolute Gasteiger partial charge is 0.344 e. The largest absolute Gasteiger partial charge is 0.494 e. The topological polar surface area (TPSA) is 126 Å². The van der Waals surface area contributed by atoms with Crippen molar-refractivity contribution in [3.63, 3.8) is 0 Å². The number of hydrogen-bond donors (Lipinski definition) is 1. The van der Waals surface area contributed by atoms with E-state index in [0.717, 1.165) is 0 Å². The molecule has 0 unspecified atom stereocenters. The first-order valence-corrected chi connectivity index (χ1v) is 8.56. The lowest BCUT2D eigenvalue weighted by Gasteiger charge is -2.11. The van der Waals surface area contributed by atoms with Gasteiger partial charge in [0.1, 0.15) is 17.2 Å². The Morgan fingerprint density at radius 1 is 1.03 bits per heavy atom. The van der Waals surface area contributed by atoms with Gasteiger partial charge in [0.2, 0.25) is 0 Å². The van der Waals surface area contributed by atoms with Crippen molar-refractivity contribution in [2.45, 2.75) is 6.92 Å². The maximum absolute atomic E-state index is 11.9. The second kappa shape index (κ2) is 10.5. The minimum absolute atomic E-state index is 0.109. The summed E-state index contributed by atoms with van der Waals surface area (Å²) in [6, 6.07) is 10.4. The van der Waals surface area contributed by atoms with Crippen LogP contribution in [0.15, 0.2) is 42.5 Å². The van der Waals surface area contributed by atoms with E-state index in [0.29, 0.717) is 18.1 Å².